The Balaban J connectivity index is 2.00. The maximum Gasteiger partial charge on any atom is 0.141 e. The van der Waals surface area contributed by atoms with Gasteiger partial charge in [0.1, 0.15) is 5.78 Å². The number of Topliss-reactive ketones (excluding diaryl/α,β-unsaturated/α-hetero) is 1. The number of rotatable bonds is 6. The van der Waals surface area contributed by atoms with E-state index in [9.17, 15) is 4.79 Å². The van der Waals surface area contributed by atoms with Crippen molar-refractivity contribution < 1.29 is 4.79 Å². The van der Waals surface area contributed by atoms with Crippen LogP contribution < -0.4 is 0 Å². The number of carbonyl (C=O) groups excluding carboxylic acids is 1. The molecule has 0 fully saturated rings. The first-order valence-electron chi connectivity index (χ1n) is 6.51. The van der Waals surface area contributed by atoms with E-state index >= 15 is 0 Å². The molecule has 2 aromatic carbocycles. The fourth-order valence-electron chi connectivity index (χ4n) is 2.12. The summed E-state index contributed by atoms with van der Waals surface area (Å²) in [6, 6.07) is 20.0. The van der Waals surface area contributed by atoms with Gasteiger partial charge in [0.2, 0.25) is 0 Å². The van der Waals surface area contributed by atoms with E-state index < -0.39 is 0 Å². The van der Waals surface area contributed by atoms with Crippen LogP contribution in [0.4, 0.5) is 0 Å². The molecule has 0 aromatic heterocycles. The lowest BCUT2D eigenvalue weighted by Crippen LogP contribution is -2.21. The fraction of sp³-hybridized carbons (Fsp3) is 0.235. The van der Waals surface area contributed by atoms with Crippen LogP contribution in [0.1, 0.15) is 11.1 Å². The summed E-state index contributed by atoms with van der Waals surface area (Å²) in [4.78, 5) is 12.3. The average Bonchev–Trinajstić information content (AvgIpc) is 2.47. The van der Waals surface area contributed by atoms with Gasteiger partial charge in [0.05, 0.1) is 0 Å². The van der Waals surface area contributed by atoms with Gasteiger partial charge in [0, 0.05) is 18.1 Å². The van der Waals surface area contributed by atoms with Crippen molar-refractivity contribution in [2.75, 3.05) is 5.75 Å². The Morgan fingerprint density at radius 2 is 1.42 bits per heavy atom. The summed E-state index contributed by atoms with van der Waals surface area (Å²) in [7, 11) is 0. The van der Waals surface area contributed by atoms with E-state index in [-0.39, 0.29) is 11.7 Å². The molecule has 2 rings (SSSR count). The van der Waals surface area contributed by atoms with Crippen molar-refractivity contribution in [2.24, 2.45) is 5.92 Å². The maximum absolute atomic E-state index is 12.3. The quantitative estimate of drug-likeness (QED) is 0.794. The minimum absolute atomic E-state index is 0.00839. The number of ketones is 1. The van der Waals surface area contributed by atoms with Crippen LogP contribution in [0.25, 0.3) is 0 Å². The fourth-order valence-corrected chi connectivity index (χ4v) is 2.45. The molecule has 0 radical (unpaired) electrons. The maximum atomic E-state index is 12.3. The first kappa shape index (κ1) is 13.9. The molecule has 0 aliphatic rings. The highest BCUT2D eigenvalue weighted by molar-refractivity contribution is 7.80. The van der Waals surface area contributed by atoms with Gasteiger partial charge in [0.25, 0.3) is 0 Å². The molecule has 2 heteroatoms. The summed E-state index contributed by atoms with van der Waals surface area (Å²) < 4.78 is 0. The molecule has 98 valence electrons. The molecule has 0 aliphatic carbocycles. The highest BCUT2D eigenvalue weighted by Crippen LogP contribution is 2.14. The molecule has 0 saturated heterocycles. The van der Waals surface area contributed by atoms with Gasteiger partial charge < -0.3 is 0 Å². The van der Waals surface area contributed by atoms with Crippen LogP contribution in [-0.2, 0) is 17.6 Å². The van der Waals surface area contributed by atoms with E-state index in [4.69, 9.17) is 0 Å². The molecule has 19 heavy (non-hydrogen) atoms. The van der Waals surface area contributed by atoms with Crippen LogP contribution in [0, 0.1) is 5.92 Å². The minimum Gasteiger partial charge on any atom is -0.299 e. The van der Waals surface area contributed by atoms with E-state index in [1.54, 1.807) is 0 Å². The predicted molar refractivity (Wildman–Crippen MR) is 82.6 cm³/mol. The van der Waals surface area contributed by atoms with Crippen LogP contribution in [0.3, 0.4) is 0 Å². The Bertz CT molecular complexity index is 507. The first-order chi connectivity index (χ1) is 9.29. The highest BCUT2D eigenvalue weighted by atomic mass is 32.1. The lowest BCUT2D eigenvalue weighted by Gasteiger charge is -2.13. The highest BCUT2D eigenvalue weighted by Gasteiger charge is 2.17. The van der Waals surface area contributed by atoms with E-state index in [2.05, 4.69) is 24.8 Å². The standard InChI is InChI=1S/C17H18OS/c18-17(12-15-9-5-2-6-10-15)16(13-19)11-14-7-3-1-4-8-14/h1-10,16,19H,11-13H2. The number of benzene rings is 2. The summed E-state index contributed by atoms with van der Waals surface area (Å²) in [5.74, 6) is 0.858. The summed E-state index contributed by atoms with van der Waals surface area (Å²) in [5, 5.41) is 0. The van der Waals surface area contributed by atoms with Gasteiger partial charge in [-0.25, -0.2) is 0 Å². The number of hydrogen-bond donors (Lipinski definition) is 1. The van der Waals surface area contributed by atoms with E-state index in [0.717, 1.165) is 12.0 Å². The molecule has 0 saturated carbocycles. The number of hydrogen-bond acceptors (Lipinski definition) is 2. The van der Waals surface area contributed by atoms with Gasteiger partial charge >= 0.3 is 0 Å². The third kappa shape index (κ3) is 4.25. The third-order valence-corrected chi connectivity index (χ3v) is 3.66. The molecule has 2 aromatic rings. The Labute approximate surface area is 120 Å². The van der Waals surface area contributed by atoms with Crippen molar-refractivity contribution in [3.63, 3.8) is 0 Å². The van der Waals surface area contributed by atoms with Gasteiger partial charge in [0.15, 0.2) is 0 Å². The van der Waals surface area contributed by atoms with Crippen molar-refractivity contribution in [1.29, 1.82) is 0 Å². The van der Waals surface area contributed by atoms with Crippen LogP contribution in [-0.4, -0.2) is 11.5 Å². The van der Waals surface area contributed by atoms with E-state index in [1.165, 1.54) is 5.56 Å². The van der Waals surface area contributed by atoms with Crippen molar-refractivity contribution in [3.05, 3.63) is 71.8 Å². The van der Waals surface area contributed by atoms with Crippen LogP contribution in [0.2, 0.25) is 0 Å². The van der Waals surface area contributed by atoms with Crippen molar-refractivity contribution in [3.8, 4) is 0 Å². The van der Waals surface area contributed by atoms with E-state index in [1.807, 2.05) is 48.5 Å². The minimum atomic E-state index is -0.00839. The topological polar surface area (TPSA) is 17.1 Å². The smallest absolute Gasteiger partial charge is 0.141 e. The summed E-state index contributed by atoms with van der Waals surface area (Å²) >= 11 is 4.33. The molecule has 1 atom stereocenters. The normalized spacial score (nSPS) is 12.1. The Hall–Kier alpha value is -1.54. The van der Waals surface area contributed by atoms with Crippen LogP contribution in [0.5, 0.6) is 0 Å². The van der Waals surface area contributed by atoms with Crippen molar-refractivity contribution >= 4 is 18.4 Å². The van der Waals surface area contributed by atoms with Gasteiger partial charge in [-0.1, -0.05) is 60.7 Å². The largest absolute Gasteiger partial charge is 0.299 e. The van der Waals surface area contributed by atoms with Gasteiger partial charge in [-0.2, -0.15) is 12.6 Å². The zero-order valence-corrected chi connectivity index (χ0v) is 11.7. The molecular formula is C17H18OS. The second-order valence-electron chi connectivity index (χ2n) is 4.70. The van der Waals surface area contributed by atoms with Gasteiger partial charge in [-0.3, -0.25) is 4.79 Å². The van der Waals surface area contributed by atoms with Crippen molar-refractivity contribution in [1.82, 2.24) is 0 Å². The number of thiol groups is 1. The first-order valence-corrected chi connectivity index (χ1v) is 7.14. The summed E-state index contributed by atoms with van der Waals surface area (Å²) in [6.45, 7) is 0. The molecule has 1 nitrogen and oxygen atoms in total. The van der Waals surface area contributed by atoms with Crippen LogP contribution in [0.15, 0.2) is 60.7 Å². The van der Waals surface area contributed by atoms with Crippen molar-refractivity contribution in [2.45, 2.75) is 12.8 Å². The molecule has 0 aliphatic heterocycles. The number of carbonyl (C=O) groups is 1. The van der Waals surface area contributed by atoms with E-state index in [0.29, 0.717) is 12.2 Å². The predicted octanol–water partition coefficient (Wildman–Crippen LogP) is 3.59. The molecule has 1 unspecified atom stereocenters. The molecule has 0 bridgehead atoms. The third-order valence-electron chi connectivity index (χ3n) is 3.22. The molecular weight excluding hydrogens is 252 g/mol. The monoisotopic (exact) mass is 270 g/mol. The average molecular weight is 270 g/mol. The van der Waals surface area contributed by atoms with Crippen LogP contribution >= 0.6 is 12.6 Å². The summed E-state index contributed by atoms with van der Waals surface area (Å²) in [5.41, 5.74) is 2.27. The van der Waals surface area contributed by atoms with Gasteiger partial charge in [-0.15, -0.1) is 0 Å². The Kier molecular flexibility index (Phi) is 5.22. The molecule has 0 spiro atoms. The van der Waals surface area contributed by atoms with Gasteiger partial charge in [-0.05, 0) is 17.5 Å². The lowest BCUT2D eigenvalue weighted by atomic mass is 9.93. The Morgan fingerprint density at radius 1 is 0.895 bits per heavy atom. The molecule has 0 heterocycles. The zero-order chi connectivity index (χ0) is 13.5. The SMILES string of the molecule is O=C(Cc1ccccc1)C(CS)Cc1ccccc1. The zero-order valence-electron chi connectivity index (χ0n) is 10.8. The summed E-state index contributed by atoms with van der Waals surface area (Å²) in [6.07, 6.45) is 1.27. The molecule has 0 N–H and O–H groups in total. The second-order valence-corrected chi connectivity index (χ2v) is 5.06. The molecule has 0 amide bonds. The lowest BCUT2D eigenvalue weighted by molar-refractivity contribution is -0.121. The Morgan fingerprint density at radius 3 is 1.95 bits per heavy atom. The second kappa shape index (κ2) is 7.15.